The molecule has 2 amide bonds. The van der Waals surface area contributed by atoms with E-state index in [1.54, 1.807) is 6.92 Å². The van der Waals surface area contributed by atoms with Gasteiger partial charge in [0.1, 0.15) is 18.2 Å². The van der Waals surface area contributed by atoms with Gasteiger partial charge in [0.25, 0.3) is 0 Å². The van der Waals surface area contributed by atoms with Gasteiger partial charge < -0.3 is 25.2 Å². The van der Waals surface area contributed by atoms with Crippen LogP contribution < -0.4 is 10.6 Å². The van der Waals surface area contributed by atoms with Gasteiger partial charge in [-0.1, -0.05) is 68.8 Å². The number of aliphatic carboxylic acids is 1. The molecule has 0 spiro atoms. The number of alkyl carbamates (subject to hydrolysis) is 1. The van der Waals surface area contributed by atoms with Crippen molar-refractivity contribution in [3.63, 3.8) is 0 Å². The molecule has 0 saturated carbocycles. The lowest BCUT2D eigenvalue weighted by Gasteiger charge is -2.31. The number of rotatable bonds is 10. The highest BCUT2D eigenvalue weighted by Crippen LogP contribution is 2.44. The first kappa shape index (κ1) is 25.2. The number of carboxylic acids is 1. The van der Waals surface area contributed by atoms with Crippen LogP contribution in [0.2, 0.25) is 0 Å². The maximum absolute atomic E-state index is 13.0. The molecule has 3 unspecified atom stereocenters. The Morgan fingerprint density at radius 2 is 1.62 bits per heavy atom. The van der Waals surface area contributed by atoms with E-state index in [0.29, 0.717) is 6.42 Å². The number of carbonyl (C=O) groups excluding carboxylic acids is 2. The molecule has 0 radical (unpaired) electrons. The smallest absolute Gasteiger partial charge is 0.408 e. The highest BCUT2D eigenvalue weighted by atomic mass is 16.5. The fourth-order valence-electron chi connectivity index (χ4n) is 4.29. The molecule has 0 aliphatic heterocycles. The molecule has 182 valence electrons. The van der Waals surface area contributed by atoms with Crippen molar-refractivity contribution >= 4 is 18.0 Å². The number of methoxy groups -OCH3 is 1. The molecule has 34 heavy (non-hydrogen) atoms. The number of hydrogen-bond donors (Lipinski definition) is 3. The zero-order chi connectivity index (χ0) is 24.9. The van der Waals surface area contributed by atoms with Crippen molar-refractivity contribution in [2.75, 3.05) is 20.3 Å². The summed E-state index contributed by atoms with van der Waals surface area (Å²) >= 11 is 0. The average Bonchev–Trinajstić information content (AvgIpc) is 3.14. The Labute approximate surface area is 199 Å². The minimum atomic E-state index is -1.52. The van der Waals surface area contributed by atoms with Crippen LogP contribution in [0.25, 0.3) is 11.1 Å². The van der Waals surface area contributed by atoms with Crippen LogP contribution in [0.15, 0.2) is 48.5 Å². The molecular weight excluding hydrogens is 436 g/mol. The van der Waals surface area contributed by atoms with Crippen LogP contribution in [0.5, 0.6) is 0 Å². The normalized spacial score (nSPS) is 15.9. The van der Waals surface area contributed by atoms with Gasteiger partial charge in [-0.05, 0) is 35.1 Å². The minimum absolute atomic E-state index is 0.0924. The van der Waals surface area contributed by atoms with E-state index in [1.165, 1.54) is 14.0 Å². The number of amides is 2. The number of ether oxygens (including phenoxy) is 2. The van der Waals surface area contributed by atoms with Crippen LogP contribution in [0.4, 0.5) is 4.79 Å². The molecule has 0 heterocycles. The first-order chi connectivity index (χ1) is 16.2. The Balaban J connectivity index is 1.70. The lowest BCUT2D eigenvalue weighted by atomic mass is 9.96. The average molecular weight is 469 g/mol. The Kier molecular flexibility index (Phi) is 7.94. The molecule has 1 aliphatic rings. The van der Waals surface area contributed by atoms with Gasteiger partial charge in [-0.15, -0.1) is 0 Å². The standard InChI is InChI=1S/C26H32N2O6/c1-5-16(2)22(23(29)30)27-24(31)26(3,15-33-4)28-25(32)34-14-21-19-12-8-6-10-17(19)18-11-7-9-13-20(18)21/h6-13,16,21-22H,5,14-15H2,1-4H3,(H,27,31)(H,28,32)(H,29,30). The van der Waals surface area contributed by atoms with E-state index in [1.807, 2.05) is 55.5 Å². The zero-order valence-corrected chi connectivity index (χ0v) is 20.0. The lowest BCUT2D eigenvalue weighted by Crippen LogP contribution is -2.62. The monoisotopic (exact) mass is 468 g/mol. The van der Waals surface area contributed by atoms with Gasteiger partial charge in [-0.25, -0.2) is 9.59 Å². The summed E-state index contributed by atoms with van der Waals surface area (Å²) < 4.78 is 10.7. The summed E-state index contributed by atoms with van der Waals surface area (Å²) in [4.78, 5) is 37.4. The van der Waals surface area contributed by atoms with Crippen LogP contribution >= 0.6 is 0 Å². The number of carboxylic acid groups (broad SMARTS) is 1. The molecule has 3 atom stereocenters. The van der Waals surface area contributed by atoms with E-state index in [4.69, 9.17) is 9.47 Å². The van der Waals surface area contributed by atoms with Crippen molar-refractivity contribution in [1.29, 1.82) is 0 Å². The Bertz CT molecular complexity index is 1010. The maximum atomic E-state index is 13.0. The van der Waals surface area contributed by atoms with Crippen LogP contribution in [0.1, 0.15) is 44.2 Å². The number of fused-ring (bicyclic) bond motifs is 3. The molecule has 2 aromatic rings. The predicted octanol–water partition coefficient (Wildman–Crippen LogP) is 3.55. The Morgan fingerprint density at radius 3 is 2.12 bits per heavy atom. The fourth-order valence-corrected chi connectivity index (χ4v) is 4.29. The highest BCUT2D eigenvalue weighted by molar-refractivity contribution is 5.92. The number of hydrogen-bond acceptors (Lipinski definition) is 5. The number of benzene rings is 2. The van der Waals surface area contributed by atoms with Crippen molar-refractivity contribution in [3.05, 3.63) is 59.7 Å². The lowest BCUT2D eigenvalue weighted by molar-refractivity contribution is -0.144. The second kappa shape index (κ2) is 10.7. The SMILES string of the molecule is CCC(C)C(NC(=O)C(C)(COC)NC(=O)OCC1c2ccccc2-c2ccccc21)C(=O)O. The van der Waals surface area contributed by atoms with E-state index < -0.39 is 29.6 Å². The van der Waals surface area contributed by atoms with Crippen molar-refractivity contribution in [2.24, 2.45) is 5.92 Å². The van der Waals surface area contributed by atoms with Crippen molar-refractivity contribution in [3.8, 4) is 11.1 Å². The molecule has 8 nitrogen and oxygen atoms in total. The first-order valence-corrected chi connectivity index (χ1v) is 11.4. The third-order valence-corrected chi connectivity index (χ3v) is 6.42. The molecule has 0 bridgehead atoms. The molecular formula is C26H32N2O6. The molecule has 1 aliphatic carbocycles. The van der Waals surface area contributed by atoms with Crippen molar-refractivity contribution in [1.82, 2.24) is 10.6 Å². The van der Waals surface area contributed by atoms with Gasteiger partial charge in [-0.2, -0.15) is 0 Å². The number of carbonyl (C=O) groups is 3. The summed E-state index contributed by atoms with van der Waals surface area (Å²) in [6.07, 6.45) is -0.218. The summed E-state index contributed by atoms with van der Waals surface area (Å²) in [6.45, 7) is 5.00. The molecule has 0 saturated heterocycles. The fraction of sp³-hybridized carbons (Fsp3) is 0.423. The third kappa shape index (κ3) is 5.22. The quantitative estimate of drug-likeness (QED) is 0.491. The van der Waals surface area contributed by atoms with E-state index in [0.717, 1.165) is 22.3 Å². The number of nitrogens with one attached hydrogen (secondary N) is 2. The molecule has 0 aromatic heterocycles. The summed E-state index contributed by atoms with van der Waals surface area (Å²) in [6, 6.07) is 14.9. The third-order valence-electron chi connectivity index (χ3n) is 6.42. The van der Waals surface area contributed by atoms with E-state index in [9.17, 15) is 19.5 Å². The first-order valence-electron chi connectivity index (χ1n) is 11.4. The van der Waals surface area contributed by atoms with Gasteiger partial charge in [0, 0.05) is 13.0 Å². The van der Waals surface area contributed by atoms with Crippen molar-refractivity contribution < 1.29 is 29.0 Å². The van der Waals surface area contributed by atoms with Gasteiger partial charge in [0.15, 0.2) is 0 Å². The van der Waals surface area contributed by atoms with E-state index in [2.05, 4.69) is 10.6 Å². The molecule has 3 N–H and O–H groups in total. The molecule has 0 fully saturated rings. The molecule has 8 heteroatoms. The van der Waals surface area contributed by atoms with E-state index >= 15 is 0 Å². The summed E-state index contributed by atoms with van der Waals surface area (Å²) in [5.74, 6) is -2.20. The minimum Gasteiger partial charge on any atom is -0.480 e. The second-order valence-electron chi connectivity index (χ2n) is 8.89. The zero-order valence-electron chi connectivity index (χ0n) is 20.0. The van der Waals surface area contributed by atoms with Gasteiger partial charge in [0.2, 0.25) is 5.91 Å². The Hall–Kier alpha value is -3.39. The van der Waals surface area contributed by atoms with Crippen LogP contribution in [0.3, 0.4) is 0 Å². The molecule has 2 aromatic carbocycles. The van der Waals surface area contributed by atoms with Gasteiger partial charge in [-0.3, -0.25) is 4.79 Å². The summed E-state index contributed by atoms with van der Waals surface area (Å²) in [7, 11) is 1.40. The van der Waals surface area contributed by atoms with Crippen LogP contribution in [-0.2, 0) is 19.1 Å². The topological polar surface area (TPSA) is 114 Å². The largest absolute Gasteiger partial charge is 0.480 e. The van der Waals surface area contributed by atoms with E-state index in [-0.39, 0.29) is 25.0 Å². The molecule has 3 rings (SSSR count). The van der Waals surface area contributed by atoms with Crippen LogP contribution in [0, 0.1) is 5.92 Å². The summed E-state index contributed by atoms with van der Waals surface area (Å²) in [5.41, 5.74) is 2.86. The second-order valence-corrected chi connectivity index (χ2v) is 8.89. The van der Waals surface area contributed by atoms with Crippen LogP contribution in [-0.4, -0.2) is 55.0 Å². The highest BCUT2D eigenvalue weighted by Gasteiger charge is 2.39. The van der Waals surface area contributed by atoms with Gasteiger partial charge in [0.05, 0.1) is 6.61 Å². The summed E-state index contributed by atoms with van der Waals surface area (Å²) in [5, 5.41) is 14.6. The van der Waals surface area contributed by atoms with Crippen molar-refractivity contribution in [2.45, 2.75) is 44.7 Å². The Morgan fingerprint density at radius 1 is 1.06 bits per heavy atom. The maximum Gasteiger partial charge on any atom is 0.408 e. The van der Waals surface area contributed by atoms with Gasteiger partial charge >= 0.3 is 12.1 Å². The predicted molar refractivity (Wildman–Crippen MR) is 128 cm³/mol.